The molecule has 0 radical (unpaired) electrons. The molecule has 1 rings (SSSR count). The van der Waals surface area contributed by atoms with Crippen molar-refractivity contribution in [1.82, 2.24) is 5.32 Å². The first-order chi connectivity index (χ1) is 4.79. The molecule has 1 fully saturated rings. The Bertz CT molecular complexity index is 91.6. The zero-order valence-corrected chi connectivity index (χ0v) is 6.27. The second-order valence-corrected chi connectivity index (χ2v) is 2.74. The fraction of sp³-hybridized carbons (Fsp3) is 1.00. The van der Waals surface area contributed by atoms with Crippen molar-refractivity contribution in [3.05, 3.63) is 0 Å². The standard InChI is InChI=1S/C7H14FNO/c1-6(8)10-5-7-2-3-9-4-7/h6-7,9H,2-5H2,1H3/t6?,7-/m1/s1. The van der Waals surface area contributed by atoms with Crippen LogP contribution in [0.5, 0.6) is 0 Å². The van der Waals surface area contributed by atoms with Gasteiger partial charge in [-0.2, -0.15) is 0 Å². The first-order valence-corrected chi connectivity index (χ1v) is 3.75. The largest absolute Gasteiger partial charge is 0.348 e. The molecule has 10 heavy (non-hydrogen) atoms. The van der Waals surface area contributed by atoms with Gasteiger partial charge in [-0.05, 0) is 25.8 Å². The van der Waals surface area contributed by atoms with E-state index in [4.69, 9.17) is 4.74 Å². The Morgan fingerprint density at radius 1 is 1.80 bits per heavy atom. The Morgan fingerprint density at radius 3 is 3.10 bits per heavy atom. The van der Waals surface area contributed by atoms with Crippen molar-refractivity contribution in [2.45, 2.75) is 19.7 Å². The quantitative estimate of drug-likeness (QED) is 0.641. The van der Waals surface area contributed by atoms with E-state index in [-0.39, 0.29) is 0 Å². The van der Waals surface area contributed by atoms with Crippen LogP contribution in [0.3, 0.4) is 0 Å². The molecule has 0 aliphatic carbocycles. The van der Waals surface area contributed by atoms with Gasteiger partial charge >= 0.3 is 0 Å². The second-order valence-electron chi connectivity index (χ2n) is 2.74. The van der Waals surface area contributed by atoms with Crippen LogP contribution in [0.15, 0.2) is 0 Å². The summed E-state index contributed by atoms with van der Waals surface area (Å²) in [6.45, 7) is 4.01. The van der Waals surface area contributed by atoms with Crippen LogP contribution in [-0.4, -0.2) is 26.1 Å². The summed E-state index contributed by atoms with van der Waals surface area (Å²) < 4.78 is 16.9. The van der Waals surface area contributed by atoms with Crippen LogP contribution in [-0.2, 0) is 4.74 Å². The molecule has 0 aromatic carbocycles. The summed E-state index contributed by atoms with van der Waals surface area (Å²) >= 11 is 0. The first kappa shape index (κ1) is 7.95. The summed E-state index contributed by atoms with van der Waals surface area (Å²) in [6.07, 6.45) is 0.00722. The lowest BCUT2D eigenvalue weighted by molar-refractivity contribution is -0.0378. The van der Waals surface area contributed by atoms with Crippen molar-refractivity contribution < 1.29 is 9.13 Å². The zero-order chi connectivity index (χ0) is 7.40. The number of hydrogen-bond donors (Lipinski definition) is 1. The predicted molar refractivity (Wildman–Crippen MR) is 37.5 cm³/mol. The topological polar surface area (TPSA) is 21.3 Å². The SMILES string of the molecule is CC(F)OC[C@@H]1CCNC1. The van der Waals surface area contributed by atoms with Crippen LogP contribution in [0, 0.1) is 5.92 Å². The lowest BCUT2D eigenvalue weighted by atomic mass is 10.1. The van der Waals surface area contributed by atoms with Gasteiger partial charge in [0.1, 0.15) is 0 Å². The van der Waals surface area contributed by atoms with Crippen LogP contribution in [0.25, 0.3) is 0 Å². The molecule has 2 nitrogen and oxygen atoms in total. The monoisotopic (exact) mass is 147 g/mol. The van der Waals surface area contributed by atoms with Crippen LogP contribution in [0.2, 0.25) is 0 Å². The average Bonchev–Trinajstić information content (AvgIpc) is 2.34. The van der Waals surface area contributed by atoms with E-state index in [2.05, 4.69) is 5.32 Å². The maximum Gasteiger partial charge on any atom is 0.195 e. The molecule has 1 heterocycles. The molecule has 0 spiro atoms. The molecule has 0 amide bonds. The lowest BCUT2D eigenvalue weighted by Crippen LogP contribution is -2.15. The smallest absolute Gasteiger partial charge is 0.195 e. The summed E-state index contributed by atoms with van der Waals surface area (Å²) in [6, 6.07) is 0. The van der Waals surface area contributed by atoms with Crippen molar-refractivity contribution in [2.24, 2.45) is 5.92 Å². The van der Waals surface area contributed by atoms with Crippen molar-refractivity contribution in [3.8, 4) is 0 Å². The molecule has 1 N–H and O–H groups in total. The minimum Gasteiger partial charge on any atom is -0.348 e. The van der Waals surface area contributed by atoms with Gasteiger partial charge in [-0.1, -0.05) is 0 Å². The van der Waals surface area contributed by atoms with Crippen molar-refractivity contribution in [3.63, 3.8) is 0 Å². The summed E-state index contributed by atoms with van der Waals surface area (Å²) in [5.74, 6) is 0.526. The highest BCUT2D eigenvalue weighted by Gasteiger charge is 2.14. The Labute approximate surface area is 60.8 Å². The molecule has 1 aliphatic heterocycles. The highest BCUT2D eigenvalue weighted by atomic mass is 19.1. The summed E-state index contributed by atoms with van der Waals surface area (Å²) in [7, 11) is 0. The third kappa shape index (κ3) is 2.62. The highest BCUT2D eigenvalue weighted by molar-refractivity contribution is 4.70. The van der Waals surface area contributed by atoms with Crippen molar-refractivity contribution in [2.75, 3.05) is 19.7 Å². The third-order valence-corrected chi connectivity index (χ3v) is 1.72. The van der Waals surface area contributed by atoms with E-state index in [9.17, 15) is 4.39 Å². The fourth-order valence-corrected chi connectivity index (χ4v) is 1.13. The van der Waals surface area contributed by atoms with Crippen LogP contribution >= 0.6 is 0 Å². The van der Waals surface area contributed by atoms with Gasteiger partial charge in [0.05, 0.1) is 6.61 Å². The number of ether oxygens (including phenoxy) is 1. The first-order valence-electron chi connectivity index (χ1n) is 3.75. The van der Waals surface area contributed by atoms with Crippen molar-refractivity contribution in [1.29, 1.82) is 0 Å². The molecular formula is C7H14FNO. The lowest BCUT2D eigenvalue weighted by Gasteiger charge is -2.09. The second kappa shape index (κ2) is 3.88. The molecule has 0 bridgehead atoms. The fourth-order valence-electron chi connectivity index (χ4n) is 1.13. The zero-order valence-electron chi connectivity index (χ0n) is 6.27. The van der Waals surface area contributed by atoms with E-state index in [0.29, 0.717) is 12.5 Å². The number of rotatable bonds is 3. The van der Waals surface area contributed by atoms with E-state index in [0.717, 1.165) is 19.5 Å². The maximum absolute atomic E-state index is 12.1. The molecule has 1 aliphatic rings. The molecule has 1 unspecified atom stereocenters. The summed E-state index contributed by atoms with van der Waals surface area (Å²) in [4.78, 5) is 0. The molecule has 0 aromatic rings. The maximum atomic E-state index is 12.1. The van der Waals surface area contributed by atoms with Gasteiger partial charge in [0.15, 0.2) is 6.36 Å². The average molecular weight is 147 g/mol. The van der Waals surface area contributed by atoms with E-state index in [1.807, 2.05) is 0 Å². The molecule has 1 saturated heterocycles. The van der Waals surface area contributed by atoms with E-state index < -0.39 is 6.36 Å². The Balaban J connectivity index is 2.01. The van der Waals surface area contributed by atoms with Gasteiger partial charge in [0.25, 0.3) is 0 Å². The molecule has 60 valence electrons. The van der Waals surface area contributed by atoms with Gasteiger partial charge in [0, 0.05) is 6.54 Å². The normalized spacial score (nSPS) is 28.8. The highest BCUT2D eigenvalue weighted by Crippen LogP contribution is 2.08. The number of alkyl halides is 1. The Hall–Kier alpha value is -0.150. The van der Waals surface area contributed by atoms with Gasteiger partial charge in [-0.25, -0.2) is 4.39 Å². The Kier molecular flexibility index (Phi) is 3.09. The van der Waals surface area contributed by atoms with Gasteiger partial charge in [0.2, 0.25) is 0 Å². The van der Waals surface area contributed by atoms with Crippen LogP contribution in [0.4, 0.5) is 4.39 Å². The summed E-state index contributed by atoms with van der Waals surface area (Å²) in [5, 5.41) is 3.19. The van der Waals surface area contributed by atoms with E-state index in [1.165, 1.54) is 6.92 Å². The minimum absolute atomic E-state index is 0.526. The summed E-state index contributed by atoms with van der Waals surface area (Å²) in [5.41, 5.74) is 0. The third-order valence-electron chi connectivity index (χ3n) is 1.72. The van der Waals surface area contributed by atoms with Gasteiger partial charge < -0.3 is 10.1 Å². The molecule has 0 saturated carbocycles. The number of hydrogen-bond acceptors (Lipinski definition) is 2. The van der Waals surface area contributed by atoms with Gasteiger partial charge in [-0.15, -0.1) is 0 Å². The molecule has 2 atom stereocenters. The molecule has 3 heteroatoms. The van der Waals surface area contributed by atoms with Crippen LogP contribution in [0.1, 0.15) is 13.3 Å². The van der Waals surface area contributed by atoms with Crippen LogP contribution < -0.4 is 5.32 Å². The predicted octanol–water partition coefficient (Wildman–Crippen LogP) is 0.928. The Morgan fingerprint density at radius 2 is 2.60 bits per heavy atom. The van der Waals surface area contributed by atoms with Gasteiger partial charge in [-0.3, -0.25) is 0 Å². The number of halogens is 1. The molecule has 0 aromatic heterocycles. The number of nitrogens with one attached hydrogen (secondary N) is 1. The van der Waals surface area contributed by atoms with E-state index >= 15 is 0 Å². The van der Waals surface area contributed by atoms with Crippen molar-refractivity contribution >= 4 is 0 Å². The minimum atomic E-state index is -1.11. The molecular weight excluding hydrogens is 133 g/mol. The van der Waals surface area contributed by atoms with E-state index in [1.54, 1.807) is 0 Å².